The lowest BCUT2D eigenvalue weighted by molar-refractivity contribution is -0.118. The van der Waals surface area contributed by atoms with E-state index in [0.717, 1.165) is 12.8 Å². The van der Waals surface area contributed by atoms with Crippen molar-refractivity contribution in [2.24, 2.45) is 23.7 Å². The molecular formula is C19H30O3. The summed E-state index contributed by atoms with van der Waals surface area (Å²) in [5.74, 6) is 0.741. The SMILES string of the molecule is C=C1C[C@H]2[C@H](/C=C/[C@@H](O)C[C@@H](C)CCCC)[C@H](O)C[C@@H]2C1=O. The van der Waals surface area contributed by atoms with E-state index in [4.69, 9.17) is 0 Å². The summed E-state index contributed by atoms with van der Waals surface area (Å²) in [6, 6.07) is 0. The molecule has 0 aromatic rings. The van der Waals surface area contributed by atoms with Crippen molar-refractivity contribution >= 4 is 5.78 Å². The van der Waals surface area contributed by atoms with Crippen LogP contribution in [0.3, 0.4) is 0 Å². The Balaban J connectivity index is 1.89. The zero-order valence-electron chi connectivity index (χ0n) is 13.9. The molecule has 3 nitrogen and oxygen atoms in total. The van der Waals surface area contributed by atoms with Crippen molar-refractivity contribution in [2.75, 3.05) is 0 Å². The monoisotopic (exact) mass is 306 g/mol. The number of hydrogen-bond acceptors (Lipinski definition) is 3. The van der Waals surface area contributed by atoms with E-state index in [1.165, 1.54) is 12.8 Å². The molecule has 0 amide bonds. The van der Waals surface area contributed by atoms with E-state index in [2.05, 4.69) is 20.4 Å². The van der Waals surface area contributed by atoms with Crippen LogP contribution in [0.15, 0.2) is 24.3 Å². The zero-order valence-corrected chi connectivity index (χ0v) is 13.9. The van der Waals surface area contributed by atoms with Gasteiger partial charge in [0.2, 0.25) is 0 Å². The van der Waals surface area contributed by atoms with Crippen molar-refractivity contribution in [1.29, 1.82) is 0 Å². The number of aliphatic hydroxyl groups excluding tert-OH is 2. The normalized spacial score (nSPS) is 34.4. The van der Waals surface area contributed by atoms with Gasteiger partial charge in [-0.15, -0.1) is 0 Å². The summed E-state index contributed by atoms with van der Waals surface area (Å²) < 4.78 is 0. The molecule has 0 bridgehead atoms. The van der Waals surface area contributed by atoms with Gasteiger partial charge in [0.15, 0.2) is 5.78 Å². The van der Waals surface area contributed by atoms with E-state index in [1.807, 2.05) is 12.2 Å². The van der Waals surface area contributed by atoms with Crippen molar-refractivity contribution in [2.45, 2.75) is 64.6 Å². The second-order valence-electron chi connectivity index (χ2n) is 7.26. The van der Waals surface area contributed by atoms with Crippen molar-refractivity contribution in [1.82, 2.24) is 0 Å². The summed E-state index contributed by atoms with van der Waals surface area (Å²) >= 11 is 0. The van der Waals surface area contributed by atoms with Crippen LogP contribution in [-0.2, 0) is 4.79 Å². The highest BCUT2D eigenvalue weighted by molar-refractivity contribution is 5.99. The van der Waals surface area contributed by atoms with Gasteiger partial charge in [0.1, 0.15) is 0 Å². The number of fused-ring (bicyclic) bond motifs is 1. The second kappa shape index (κ2) is 7.56. The van der Waals surface area contributed by atoms with Gasteiger partial charge in [-0.05, 0) is 36.7 Å². The summed E-state index contributed by atoms with van der Waals surface area (Å²) in [7, 11) is 0. The molecule has 0 unspecified atom stereocenters. The summed E-state index contributed by atoms with van der Waals surface area (Å²) in [6.45, 7) is 8.19. The van der Waals surface area contributed by atoms with Crippen LogP contribution >= 0.6 is 0 Å². The third-order valence-electron chi connectivity index (χ3n) is 5.37. The molecule has 0 spiro atoms. The minimum absolute atomic E-state index is 0.0196. The number of Topliss-reactive ketones (excluding diaryl/α,β-unsaturated/α-hetero) is 1. The smallest absolute Gasteiger partial charge is 0.161 e. The second-order valence-corrected chi connectivity index (χ2v) is 7.26. The number of ketones is 1. The fourth-order valence-corrected chi connectivity index (χ4v) is 4.06. The van der Waals surface area contributed by atoms with Gasteiger partial charge >= 0.3 is 0 Å². The molecule has 2 aliphatic carbocycles. The minimum atomic E-state index is -0.465. The molecule has 3 heteroatoms. The number of allylic oxidation sites excluding steroid dienone is 1. The van der Waals surface area contributed by atoms with Gasteiger partial charge in [0, 0.05) is 11.8 Å². The van der Waals surface area contributed by atoms with Crippen LogP contribution in [-0.4, -0.2) is 28.2 Å². The Bertz CT molecular complexity index is 440. The van der Waals surface area contributed by atoms with Crippen LogP contribution in [0.1, 0.15) is 52.4 Å². The third kappa shape index (κ3) is 3.88. The van der Waals surface area contributed by atoms with E-state index in [1.54, 1.807) is 0 Å². The molecule has 0 radical (unpaired) electrons. The number of rotatable bonds is 7. The van der Waals surface area contributed by atoms with Gasteiger partial charge in [-0.3, -0.25) is 4.79 Å². The fraction of sp³-hybridized carbons (Fsp3) is 0.737. The van der Waals surface area contributed by atoms with Gasteiger partial charge in [-0.25, -0.2) is 0 Å². The minimum Gasteiger partial charge on any atom is -0.392 e. The third-order valence-corrected chi connectivity index (χ3v) is 5.37. The average Bonchev–Trinajstić information content (AvgIpc) is 2.91. The molecule has 0 aromatic heterocycles. The molecule has 2 fully saturated rings. The summed E-state index contributed by atoms with van der Waals surface area (Å²) in [5, 5.41) is 20.4. The predicted molar refractivity (Wildman–Crippen MR) is 88.3 cm³/mol. The predicted octanol–water partition coefficient (Wildman–Crippen LogP) is 3.26. The standard InChI is InChI=1S/C19H30O3/c1-4-5-6-12(2)9-14(20)7-8-15-16-10-13(3)19(22)17(16)11-18(15)21/h7-8,12,14-18,20-21H,3-6,9-11H2,1-2H3/b8-7+/t12-,14+,15-,16-,17-,18+/m0/s1. The lowest BCUT2D eigenvalue weighted by Crippen LogP contribution is -2.18. The number of unbranched alkanes of at least 4 members (excludes halogenated alkanes) is 1. The van der Waals surface area contributed by atoms with Crippen molar-refractivity contribution < 1.29 is 15.0 Å². The Hall–Kier alpha value is -0.930. The molecule has 0 aliphatic heterocycles. The van der Waals surface area contributed by atoms with Crippen molar-refractivity contribution in [3.8, 4) is 0 Å². The molecular weight excluding hydrogens is 276 g/mol. The first-order chi connectivity index (χ1) is 10.4. The average molecular weight is 306 g/mol. The molecule has 2 aliphatic rings. The number of hydrogen-bond donors (Lipinski definition) is 2. The Morgan fingerprint density at radius 1 is 1.45 bits per heavy atom. The van der Waals surface area contributed by atoms with Crippen LogP contribution in [0.25, 0.3) is 0 Å². The first kappa shape index (κ1) is 17.4. The van der Waals surface area contributed by atoms with E-state index in [0.29, 0.717) is 24.3 Å². The lowest BCUT2D eigenvalue weighted by atomic mass is 9.89. The molecule has 0 heterocycles. The number of carbonyl (C=O) groups excluding carboxylic acids is 1. The van der Waals surface area contributed by atoms with Gasteiger partial charge in [0.25, 0.3) is 0 Å². The molecule has 22 heavy (non-hydrogen) atoms. The van der Waals surface area contributed by atoms with Gasteiger partial charge in [0.05, 0.1) is 12.2 Å². The van der Waals surface area contributed by atoms with Crippen LogP contribution in [0, 0.1) is 23.7 Å². The Morgan fingerprint density at radius 2 is 2.18 bits per heavy atom. The van der Waals surface area contributed by atoms with Crippen LogP contribution < -0.4 is 0 Å². The molecule has 0 aromatic carbocycles. The molecule has 2 rings (SSSR count). The fourth-order valence-electron chi connectivity index (χ4n) is 4.06. The summed E-state index contributed by atoms with van der Waals surface area (Å²) in [6.07, 6.45) is 8.37. The largest absolute Gasteiger partial charge is 0.392 e. The highest BCUT2D eigenvalue weighted by atomic mass is 16.3. The van der Waals surface area contributed by atoms with Gasteiger partial charge in [-0.1, -0.05) is 51.8 Å². The van der Waals surface area contributed by atoms with Crippen LogP contribution in [0.4, 0.5) is 0 Å². The highest BCUT2D eigenvalue weighted by Crippen LogP contribution is 2.48. The van der Waals surface area contributed by atoms with E-state index in [-0.39, 0.29) is 23.5 Å². The van der Waals surface area contributed by atoms with Gasteiger partial charge in [-0.2, -0.15) is 0 Å². The maximum absolute atomic E-state index is 12.0. The Morgan fingerprint density at radius 3 is 2.86 bits per heavy atom. The number of carbonyl (C=O) groups is 1. The molecule has 0 saturated heterocycles. The summed E-state index contributed by atoms with van der Waals surface area (Å²) in [4.78, 5) is 12.0. The van der Waals surface area contributed by atoms with Crippen molar-refractivity contribution in [3.63, 3.8) is 0 Å². The quantitative estimate of drug-likeness (QED) is 0.560. The maximum atomic E-state index is 12.0. The molecule has 6 atom stereocenters. The van der Waals surface area contributed by atoms with E-state index in [9.17, 15) is 15.0 Å². The first-order valence-electron chi connectivity index (χ1n) is 8.70. The first-order valence-corrected chi connectivity index (χ1v) is 8.70. The number of aliphatic hydroxyl groups is 2. The molecule has 2 N–H and O–H groups in total. The molecule has 124 valence electrons. The van der Waals surface area contributed by atoms with Crippen LogP contribution in [0.5, 0.6) is 0 Å². The highest BCUT2D eigenvalue weighted by Gasteiger charge is 2.49. The lowest BCUT2D eigenvalue weighted by Gasteiger charge is -2.18. The van der Waals surface area contributed by atoms with Gasteiger partial charge < -0.3 is 10.2 Å². The van der Waals surface area contributed by atoms with Crippen molar-refractivity contribution in [3.05, 3.63) is 24.3 Å². The maximum Gasteiger partial charge on any atom is 0.161 e. The zero-order chi connectivity index (χ0) is 16.3. The molecule has 2 saturated carbocycles. The van der Waals surface area contributed by atoms with E-state index >= 15 is 0 Å². The Labute approximate surface area is 134 Å². The Kier molecular flexibility index (Phi) is 5.99. The van der Waals surface area contributed by atoms with E-state index < -0.39 is 12.2 Å². The van der Waals surface area contributed by atoms with Crippen LogP contribution in [0.2, 0.25) is 0 Å². The summed E-state index contributed by atoms with van der Waals surface area (Å²) in [5.41, 5.74) is 0.703. The topological polar surface area (TPSA) is 57.5 Å².